The second-order valence-corrected chi connectivity index (χ2v) is 7.24. The minimum atomic E-state index is -4.69. The Morgan fingerprint density at radius 3 is 2.52 bits per heavy atom. The number of rotatable bonds is 4. The van der Waals surface area contributed by atoms with Gasteiger partial charge in [0.1, 0.15) is 5.52 Å². The molecular formula is C19H12Cl3F3N2O2. The number of halogens is 6. The fraction of sp³-hybridized carbons (Fsp3) is 0.158. The quantitative estimate of drug-likeness (QED) is 0.478. The van der Waals surface area contributed by atoms with Gasteiger partial charge in [0, 0.05) is 11.1 Å². The summed E-state index contributed by atoms with van der Waals surface area (Å²) in [6.45, 7) is 1.13. The summed E-state index contributed by atoms with van der Waals surface area (Å²) in [4.78, 5) is 16.6. The summed E-state index contributed by atoms with van der Waals surface area (Å²) < 4.78 is 44.9. The molecule has 2 aromatic carbocycles. The van der Waals surface area contributed by atoms with Gasteiger partial charge in [-0.25, -0.2) is 4.98 Å². The van der Waals surface area contributed by atoms with Crippen molar-refractivity contribution in [2.45, 2.75) is 13.1 Å². The third kappa shape index (κ3) is 4.69. The van der Waals surface area contributed by atoms with Gasteiger partial charge in [0.05, 0.1) is 26.3 Å². The van der Waals surface area contributed by atoms with Crippen LogP contribution >= 0.6 is 34.8 Å². The predicted molar refractivity (Wildman–Crippen MR) is 107 cm³/mol. The van der Waals surface area contributed by atoms with Crippen molar-refractivity contribution in [2.75, 3.05) is 11.9 Å². The maximum atomic E-state index is 13.2. The van der Waals surface area contributed by atoms with Gasteiger partial charge in [0.15, 0.2) is 12.4 Å². The number of aryl methyl sites for hydroxylation is 1. The highest BCUT2D eigenvalue weighted by Crippen LogP contribution is 2.39. The Kier molecular flexibility index (Phi) is 6.12. The molecule has 0 radical (unpaired) electrons. The fourth-order valence-corrected chi connectivity index (χ4v) is 3.42. The van der Waals surface area contributed by atoms with Gasteiger partial charge in [-0.3, -0.25) is 4.79 Å². The molecule has 3 aromatic rings. The zero-order chi connectivity index (χ0) is 21.3. The van der Waals surface area contributed by atoms with E-state index in [9.17, 15) is 18.0 Å². The molecule has 0 aliphatic heterocycles. The number of aromatic nitrogens is 1. The van der Waals surface area contributed by atoms with Gasteiger partial charge in [-0.1, -0.05) is 40.9 Å². The van der Waals surface area contributed by atoms with Crippen LogP contribution in [-0.2, 0) is 11.0 Å². The molecule has 0 bridgehead atoms. The van der Waals surface area contributed by atoms with Crippen LogP contribution in [0.3, 0.4) is 0 Å². The first kappa shape index (κ1) is 21.5. The van der Waals surface area contributed by atoms with Crippen LogP contribution in [-0.4, -0.2) is 17.5 Å². The van der Waals surface area contributed by atoms with Crippen molar-refractivity contribution in [3.8, 4) is 5.75 Å². The lowest BCUT2D eigenvalue weighted by molar-refractivity contribution is -0.137. The molecule has 0 spiro atoms. The normalized spacial score (nSPS) is 11.6. The van der Waals surface area contributed by atoms with E-state index in [-0.39, 0.29) is 15.8 Å². The number of ether oxygens (including phenoxy) is 1. The highest BCUT2D eigenvalue weighted by Gasteiger charge is 2.34. The first-order valence-corrected chi connectivity index (χ1v) is 9.25. The number of fused-ring (bicyclic) bond motifs is 1. The van der Waals surface area contributed by atoms with Crippen molar-refractivity contribution in [3.05, 3.63) is 62.7 Å². The van der Waals surface area contributed by atoms with Crippen LogP contribution in [0.4, 0.5) is 18.9 Å². The molecule has 10 heteroatoms. The van der Waals surface area contributed by atoms with Crippen molar-refractivity contribution in [1.82, 2.24) is 4.98 Å². The zero-order valence-corrected chi connectivity index (χ0v) is 17.0. The van der Waals surface area contributed by atoms with E-state index in [0.717, 1.165) is 12.1 Å². The molecule has 1 N–H and O–H groups in total. The van der Waals surface area contributed by atoms with E-state index in [1.54, 1.807) is 19.1 Å². The van der Waals surface area contributed by atoms with Crippen LogP contribution in [0.1, 0.15) is 11.3 Å². The number of amides is 1. The zero-order valence-electron chi connectivity index (χ0n) is 14.7. The van der Waals surface area contributed by atoms with E-state index in [0.29, 0.717) is 21.6 Å². The summed E-state index contributed by atoms with van der Waals surface area (Å²) >= 11 is 18.2. The summed E-state index contributed by atoms with van der Waals surface area (Å²) in [5, 5.41) is 2.91. The number of nitrogens with zero attached hydrogens (tertiary/aromatic N) is 1. The van der Waals surface area contributed by atoms with E-state index in [2.05, 4.69) is 10.3 Å². The summed E-state index contributed by atoms with van der Waals surface area (Å²) in [7, 11) is 0. The van der Waals surface area contributed by atoms with Crippen LogP contribution in [0.2, 0.25) is 15.1 Å². The Hall–Kier alpha value is -2.22. The van der Waals surface area contributed by atoms with Gasteiger partial charge < -0.3 is 10.1 Å². The molecule has 0 saturated carbocycles. The molecule has 0 fully saturated rings. The number of benzene rings is 2. The number of pyridine rings is 1. The smallest absolute Gasteiger partial charge is 0.418 e. The Morgan fingerprint density at radius 1 is 1.10 bits per heavy atom. The highest BCUT2D eigenvalue weighted by atomic mass is 35.5. The highest BCUT2D eigenvalue weighted by molar-refractivity contribution is 6.39. The first-order valence-electron chi connectivity index (χ1n) is 8.11. The summed E-state index contributed by atoms with van der Waals surface area (Å²) in [6, 6.07) is 8.11. The van der Waals surface area contributed by atoms with Crippen molar-refractivity contribution in [3.63, 3.8) is 0 Å². The topological polar surface area (TPSA) is 51.2 Å². The van der Waals surface area contributed by atoms with Crippen LogP contribution in [0.15, 0.2) is 36.4 Å². The molecule has 3 rings (SSSR count). The van der Waals surface area contributed by atoms with E-state index < -0.39 is 29.9 Å². The van der Waals surface area contributed by atoms with Crippen molar-refractivity contribution in [1.29, 1.82) is 0 Å². The van der Waals surface area contributed by atoms with Crippen LogP contribution < -0.4 is 10.1 Å². The standard InChI is InChI=1S/C19H12Cl3F3N2O2/c1-9-5-6-10-13(21)7-14(22)18(16(10)26-9)29-8-15(28)27-17-11(19(23,24)25)3-2-4-12(17)20/h2-7H,8H2,1H3,(H,27,28). The molecule has 0 aliphatic carbocycles. The molecule has 1 aromatic heterocycles. The minimum Gasteiger partial charge on any atom is -0.480 e. The number of para-hydroxylation sites is 1. The second-order valence-electron chi connectivity index (χ2n) is 6.02. The molecular weight excluding hydrogens is 452 g/mol. The Balaban J connectivity index is 1.86. The average Bonchev–Trinajstić information content (AvgIpc) is 2.62. The summed E-state index contributed by atoms with van der Waals surface area (Å²) in [5.74, 6) is -0.754. The van der Waals surface area contributed by atoms with Gasteiger partial charge in [0.2, 0.25) is 0 Å². The molecule has 29 heavy (non-hydrogen) atoms. The molecule has 1 heterocycles. The monoisotopic (exact) mass is 462 g/mol. The van der Waals surface area contributed by atoms with Gasteiger partial charge in [-0.05, 0) is 37.3 Å². The largest absolute Gasteiger partial charge is 0.480 e. The van der Waals surface area contributed by atoms with Gasteiger partial charge in [-0.15, -0.1) is 0 Å². The lowest BCUT2D eigenvalue weighted by Crippen LogP contribution is -2.23. The van der Waals surface area contributed by atoms with Gasteiger partial charge in [-0.2, -0.15) is 13.2 Å². The SMILES string of the molecule is Cc1ccc2c(Cl)cc(Cl)c(OCC(=O)Nc3c(Cl)cccc3C(F)(F)F)c2n1. The number of carbonyl (C=O) groups excluding carboxylic acids is 1. The lowest BCUT2D eigenvalue weighted by atomic mass is 10.1. The predicted octanol–water partition coefficient (Wildman–Crippen LogP) is 6.54. The molecule has 0 atom stereocenters. The van der Waals surface area contributed by atoms with Crippen molar-refractivity contribution < 1.29 is 22.7 Å². The van der Waals surface area contributed by atoms with Crippen LogP contribution in [0, 0.1) is 6.92 Å². The third-order valence-electron chi connectivity index (χ3n) is 3.91. The minimum absolute atomic E-state index is 0.0973. The third-order valence-corrected chi connectivity index (χ3v) is 4.82. The average molecular weight is 464 g/mol. The van der Waals surface area contributed by atoms with Gasteiger partial charge in [0.25, 0.3) is 5.91 Å². The van der Waals surface area contributed by atoms with E-state index >= 15 is 0 Å². The summed E-state index contributed by atoms with van der Waals surface area (Å²) in [5.41, 5.74) is -0.609. The van der Waals surface area contributed by atoms with Crippen molar-refractivity contribution in [2.24, 2.45) is 0 Å². The van der Waals surface area contributed by atoms with E-state index in [1.165, 1.54) is 12.1 Å². The van der Waals surface area contributed by atoms with Crippen LogP contribution in [0.5, 0.6) is 5.75 Å². The Morgan fingerprint density at radius 2 is 1.83 bits per heavy atom. The first-order chi connectivity index (χ1) is 13.6. The fourth-order valence-electron chi connectivity index (χ4n) is 2.63. The molecule has 152 valence electrons. The number of nitrogens with one attached hydrogen (secondary N) is 1. The van der Waals surface area contributed by atoms with Crippen molar-refractivity contribution >= 4 is 57.3 Å². The maximum absolute atomic E-state index is 13.2. The molecule has 0 aliphatic rings. The molecule has 4 nitrogen and oxygen atoms in total. The van der Waals surface area contributed by atoms with E-state index in [4.69, 9.17) is 39.5 Å². The van der Waals surface area contributed by atoms with E-state index in [1.807, 2.05) is 0 Å². The molecule has 1 amide bonds. The molecule has 0 unspecified atom stereocenters. The Bertz CT molecular complexity index is 1100. The lowest BCUT2D eigenvalue weighted by Gasteiger charge is -2.16. The second kappa shape index (κ2) is 8.26. The molecule has 0 saturated heterocycles. The number of alkyl halides is 3. The Labute approximate surface area is 178 Å². The number of carbonyl (C=O) groups is 1. The van der Waals surface area contributed by atoms with Gasteiger partial charge >= 0.3 is 6.18 Å². The summed E-state index contributed by atoms with van der Waals surface area (Å²) in [6.07, 6.45) is -4.69. The number of hydrogen-bond acceptors (Lipinski definition) is 3. The van der Waals surface area contributed by atoms with Crippen LogP contribution in [0.25, 0.3) is 10.9 Å². The maximum Gasteiger partial charge on any atom is 0.418 e. The number of hydrogen-bond donors (Lipinski definition) is 1. The number of anilines is 1.